The second-order valence-electron chi connectivity index (χ2n) is 3.45. The van der Waals surface area contributed by atoms with Gasteiger partial charge in [-0.25, -0.2) is 9.59 Å². The van der Waals surface area contributed by atoms with Crippen LogP contribution in [0.3, 0.4) is 0 Å². The molecular weight excluding hydrogens is 220 g/mol. The third-order valence-electron chi connectivity index (χ3n) is 1.89. The van der Waals surface area contributed by atoms with Gasteiger partial charge in [0, 0.05) is 12.2 Å². The van der Waals surface area contributed by atoms with E-state index in [1.165, 1.54) is 0 Å². The molecule has 0 aliphatic rings. The topological polar surface area (TPSA) is 52.6 Å². The lowest BCUT2D eigenvalue weighted by Gasteiger charge is -2.00. The van der Waals surface area contributed by atoms with E-state index in [0.29, 0.717) is 13.2 Å². The van der Waals surface area contributed by atoms with E-state index in [1.54, 1.807) is 6.08 Å². The minimum atomic E-state index is -0.526. The van der Waals surface area contributed by atoms with Gasteiger partial charge in [-0.15, -0.1) is 6.58 Å². The molecule has 0 aliphatic heterocycles. The average Bonchev–Trinajstić information content (AvgIpc) is 2.32. The number of allylic oxidation sites excluding steroid dienone is 1. The van der Waals surface area contributed by atoms with Gasteiger partial charge in [0.1, 0.15) is 0 Å². The monoisotopic (exact) mass is 240 g/mol. The molecule has 4 heteroatoms. The summed E-state index contributed by atoms with van der Waals surface area (Å²) in [4.78, 5) is 22.2. The zero-order valence-corrected chi connectivity index (χ0v) is 10.3. The van der Waals surface area contributed by atoms with E-state index in [0.717, 1.165) is 37.8 Å². The summed E-state index contributed by atoms with van der Waals surface area (Å²) in [6.45, 7) is 6.28. The van der Waals surface area contributed by atoms with Crippen LogP contribution < -0.4 is 0 Å². The maximum absolute atomic E-state index is 11.1. The number of rotatable bonds is 9. The largest absolute Gasteiger partial charge is 0.463 e. The molecule has 0 heterocycles. The summed E-state index contributed by atoms with van der Waals surface area (Å²) in [6.07, 6.45) is 7.26. The highest BCUT2D eigenvalue weighted by molar-refractivity contribution is 5.91. The fourth-order valence-corrected chi connectivity index (χ4v) is 0.950. The first kappa shape index (κ1) is 15.4. The fourth-order valence-electron chi connectivity index (χ4n) is 0.950. The molecule has 0 fully saturated rings. The Balaban J connectivity index is 3.63. The Bertz CT molecular complexity index is 269. The van der Waals surface area contributed by atoms with E-state index >= 15 is 0 Å². The van der Waals surface area contributed by atoms with Gasteiger partial charge in [-0.1, -0.05) is 19.4 Å². The summed E-state index contributed by atoms with van der Waals surface area (Å²) in [5.74, 6) is -1.04. The summed E-state index contributed by atoms with van der Waals surface area (Å²) >= 11 is 0. The Labute approximate surface area is 102 Å². The van der Waals surface area contributed by atoms with E-state index in [2.05, 4.69) is 6.58 Å². The van der Waals surface area contributed by atoms with Crippen molar-refractivity contribution in [2.45, 2.75) is 32.6 Å². The van der Waals surface area contributed by atoms with Crippen molar-refractivity contribution in [1.29, 1.82) is 0 Å². The van der Waals surface area contributed by atoms with Crippen LogP contribution in [-0.4, -0.2) is 25.2 Å². The molecular formula is C13H20O4. The lowest BCUT2D eigenvalue weighted by Crippen LogP contribution is -2.05. The Morgan fingerprint density at radius 3 is 2.06 bits per heavy atom. The first-order valence-electron chi connectivity index (χ1n) is 5.83. The third kappa shape index (κ3) is 10.7. The fraction of sp³-hybridized carbons (Fsp3) is 0.538. The predicted molar refractivity (Wildman–Crippen MR) is 65.4 cm³/mol. The second-order valence-corrected chi connectivity index (χ2v) is 3.45. The Kier molecular flexibility index (Phi) is 9.91. The number of hydrogen-bond acceptors (Lipinski definition) is 4. The van der Waals surface area contributed by atoms with Gasteiger partial charge >= 0.3 is 11.9 Å². The molecule has 0 radical (unpaired) electrons. The molecule has 0 saturated carbocycles. The number of hydrogen-bond donors (Lipinski definition) is 0. The number of carbonyl (C=O) groups excluding carboxylic acids is 2. The SMILES string of the molecule is C=CCCCOC(=O)/C=C/C(=O)OCCCC. The third-order valence-corrected chi connectivity index (χ3v) is 1.89. The summed E-state index contributed by atoms with van der Waals surface area (Å²) < 4.78 is 9.67. The molecule has 0 rings (SSSR count). The van der Waals surface area contributed by atoms with Crippen LogP contribution in [0.1, 0.15) is 32.6 Å². The zero-order chi connectivity index (χ0) is 12.9. The van der Waals surface area contributed by atoms with Crippen LogP contribution in [0.2, 0.25) is 0 Å². The number of ether oxygens (including phenoxy) is 2. The Morgan fingerprint density at radius 1 is 1.06 bits per heavy atom. The predicted octanol–water partition coefficient (Wildman–Crippen LogP) is 2.40. The standard InChI is InChI=1S/C13H20O4/c1-3-5-7-11-17-13(15)9-8-12(14)16-10-6-4-2/h3,8-9H,1,4-7,10-11H2,2H3/b9-8+. The zero-order valence-electron chi connectivity index (χ0n) is 10.3. The van der Waals surface area contributed by atoms with Crippen LogP contribution in [-0.2, 0) is 19.1 Å². The van der Waals surface area contributed by atoms with E-state index in [1.807, 2.05) is 6.92 Å². The van der Waals surface area contributed by atoms with Crippen molar-refractivity contribution in [1.82, 2.24) is 0 Å². The van der Waals surface area contributed by atoms with E-state index in [-0.39, 0.29) is 0 Å². The quantitative estimate of drug-likeness (QED) is 0.269. The maximum Gasteiger partial charge on any atom is 0.331 e. The molecule has 0 N–H and O–H groups in total. The van der Waals surface area contributed by atoms with Gasteiger partial charge in [0.2, 0.25) is 0 Å². The minimum absolute atomic E-state index is 0.333. The molecule has 0 aliphatic carbocycles. The highest BCUT2D eigenvalue weighted by Gasteiger charge is 2.00. The minimum Gasteiger partial charge on any atom is -0.463 e. The van der Waals surface area contributed by atoms with E-state index in [4.69, 9.17) is 9.47 Å². The van der Waals surface area contributed by atoms with Gasteiger partial charge in [0.25, 0.3) is 0 Å². The van der Waals surface area contributed by atoms with Crippen molar-refractivity contribution in [2.24, 2.45) is 0 Å². The van der Waals surface area contributed by atoms with Gasteiger partial charge in [-0.2, -0.15) is 0 Å². The second kappa shape index (κ2) is 10.9. The molecule has 0 amide bonds. The molecule has 0 spiro atoms. The van der Waals surface area contributed by atoms with Crippen molar-refractivity contribution in [3.63, 3.8) is 0 Å². The maximum atomic E-state index is 11.1. The first-order valence-corrected chi connectivity index (χ1v) is 5.83. The molecule has 4 nitrogen and oxygen atoms in total. The number of carbonyl (C=O) groups is 2. The Hall–Kier alpha value is -1.58. The van der Waals surface area contributed by atoms with Crippen LogP contribution in [0, 0.1) is 0 Å². The van der Waals surface area contributed by atoms with Crippen LogP contribution in [0.15, 0.2) is 24.8 Å². The normalized spacial score (nSPS) is 10.2. The molecule has 0 aromatic carbocycles. The molecule has 17 heavy (non-hydrogen) atoms. The molecule has 0 aromatic rings. The number of unbranched alkanes of at least 4 members (excludes halogenated alkanes) is 2. The van der Waals surface area contributed by atoms with Gasteiger partial charge in [0.05, 0.1) is 13.2 Å². The lowest BCUT2D eigenvalue weighted by atomic mass is 10.3. The van der Waals surface area contributed by atoms with Crippen molar-refractivity contribution < 1.29 is 19.1 Å². The first-order chi connectivity index (χ1) is 8.20. The molecule has 0 atom stereocenters. The molecule has 96 valence electrons. The van der Waals surface area contributed by atoms with Crippen LogP contribution in [0.5, 0.6) is 0 Å². The van der Waals surface area contributed by atoms with Gasteiger partial charge in [0.15, 0.2) is 0 Å². The van der Waals surface area contributed by atoms with Crippen molar-refractivity contribution in [2.75, 3.05) is 13.2 Å². The van der Waals surface area contributed by atoms with E-state index in [9.17, 15) is 9.59 Å². The summed E-state index contributed by atoms with van der Waals surface area (Å²) in [6, 6.07) is 0. The van der Waals surface area contributed by atoms with Crippen molar-refractivity contribution in [3.8, 4) is 0 Å². The highest BCUT2D eigenvalue weighted by Crippen LogP contribution is 1.93. The molecule has 0 unspecified atom stereocenters. The smallest absolute Gasteiger partial charge is 0.331 e. The molecule has 0 aromatic heterocycles. The Morgan fingerprint density at radius 2 is 1.59 bits per heavy atom. The van der Waals surface area contributed by atoms with E-state index < -0.39 is 11.9 Å². The number of esters is 2. The lowest BCUT2D eigenvalue weighted by molar-refractivity contribution is -0.140. The highest BCUT2D eigenvalue weighted by atomic mass is 16.5. The van der Waals surface area contributed by atoms with Gasteiger partial charge < -0.3 is 9.47 Å². The van der Waals surface area contributed by atoms with Crippen LogP contribution >= 0.6 is 0 Å². The summed E-state index contributed by atoms with van der Waals surface area (Å²) in [5.41, 5.74) is 0. The summed E-state index contributed by atoms with van der Waals surface area (Å²) in [5, 5.41) is 0. The van der Waals surface area contributed by atoms with Gasteiger partial charge in [-0.05, 0) is 19.3 Å². The summed E-state index contributed by atoms with van der Waals surface area (Å²) in [7, 11) is 0. The van der Waals surface area contributed by atoms with Gasteiger partial charge in [-0.3, -0.25) is 0 Å². The average molecular weight is 240 g/mol. The van der Waals surface area contributed by atoms with Crippen molar-refractivity contribution >= 4 is 11.9 Å². The van der Waals surface area contributed by atoms with Crippen molar-refractivity contribution in [3.05, 3.63) is 24.8 Å². The molecule has 0 saturated heterocycles. The van der Waals surface area contributed by atoms with Crippen LogP contribution in [0.25, 0.3) is 0 Å². The van der Waals surface area contributed by atoms with Crippen LogP contribution in [0.4, 0.5) is 0 Å². The molecule has 0 bridgehead atoms.